The second-order valence-electron chi connectivity index (χ2n) is 5.59. The molecule has 0 saturated carbocycles. The first-order chi connectivity index (χ1) is 8.43. The van der Waals surface area contributed by atoms with Crippen LogP contribution in [0.25, 0.3) is 0 Å². The van der Waals surface area contributed by atoms with Gasteiger partial charge in [0.1, 0.15) is 5.75 Å². The fraction of sp³-hybridized carbons (Fsp3) is 0.500. The van der Waals surface area contributed by atoms with Gasteiger partial charge < -0.3 is 15.4 Å². The smallest absolute Gasteiger partial charge is 0.264 e. The number of nitrogens with two attached hydrogens (primary N) is 1. The van der Waals surface area contributed by atoms with E-state index in [0.717, 1.165) is 17.9 Å². The molecule has 1 aliphatic heterocycles. The van der Waals surface area contributed by atoms with Crippen molar-refractivity contribution in [3.8, 4) is 5.75 Å². The van der Waals surface area contributed by atoms with Gasteiger partial charge in [0.2, 0.25) is 0 Å². The number of amides is 1. The second-order valence-corrected chi connectivity index (χ2v) is 5.59. The van der Waals surface area contributed by atoms with E-state index in [0.29, 0.717) is 6.54 Å². The Morgan fingerprint density at radius 1 is 1.44 bits per heavy atom. The number of hydrogen-bond donors (Lipinski definition) is 1. The van der Waals surface area contributed by atoms with Gasteiger partial charge in [-0.3, -0.25) is 4.79 Å². The van der Waals surface area contributed by atoms with Gasteiger partial charge in [-0.1, -0.05) is 19.9 Å². The van der Waals surface area contributed by atoms with Gasteiger partial charge in [0.25, 0.3) is 5.91 Å². The van der Waals surface area contributed by atoms with Crippen molar-refractivity contribution in [3.05, 3.63) is 23.8 Å². The van der Waals surface area contributed by atoms with Crippen LogP contribution in [0.15, 0.2) is 18.2 Å². The molecule has 1 amide bonds. The summed E-state index contributed by atoms with van der Waals surface area (Å²) in [6.45, 7) is 5.03. The fourth-order valence-corrected chi connectivity index (χ4v) is 2.05. The molecule has 0 radical (unpaired) electrons. The average molecular weight is 248 g/mol. The lowest BCUT2D eigenvalue weighted by atomic mass is 9.86. The highest BCUT2D eigenvalue weighted by atomic mass is 16.5. The van der Waals surface area contributed by atoms with Gasteiger partial charge in [0.15, 0.2) is 6.61 Å². The summed E-state index contributed by atoms with van der Waals surface area (Å²) in [5.74, 6) is 0.754. The highest BCUT2D eigenvalue weighted by Gasteiger charge is 2.23. The second kappa shape index (κ2) is 4.61. The molecule has 2 rings (SSSR count). The van der Waals surface area contributed by atoms with Crippen LogP contribution in [0.3, 0.4) is 0 Å². The number of nitrogens with zero attached hydrogens (tertiary/aromatic N) is 1. The van der Waals surface area contributed by atoms with Crippen LogP contribution in [0.2, 0.25) is 0 Å². The largest absolute Gasteiger partial charge is 0.482 e. The molecule has 2 N–H and O–H groups in total. The molecule has 1 heterocycles. The molecular formula is C14H20N2O2. The van der Waals surface area contributed by atoms with Crippen LogP contribution in [0, 0.1) is 5.41 Å². The van der Waals surface area contributed by atoms with Gasteiger partial charge in [-0.25, -0.2) is 0 Å². The van der Waals surface area contributed by atoms with Crippen molar-refractivity contribution in [2.75, 3.05) is 25.1 Å². The number of carbonyl (C=O) groups is 1. The standard InChI is InChI=1S/C14H20N2O2/c1-14(2,9-15)7-10-4-5-12-11(6-10)16(3)13(17)8-18-12/h4-6H,7-9,15H2,1-3H3. The van der Waals surface area contributed by atoms with Crippen LogP contribution in [-0.2, 0) is 11.2 Å². The van der Waals surface area contributed by atoms with Gasteiger partial charge in [-0.05, 0) is 36.1 Å². The Morgan fingerprint density at radius 2 is 2.17 bits per heavy atom. The minimum atomic E-state index is -0.0160. The Labute approximate surface area is 108 Å². The Bertz CT molecular complexity index is 469. The Kier molecular flexibility index (Phi) is 3.30. The SMILES string of the molecule is CN1C(=O)COc2ccc(CC(C)(C)CN)cc21. The number of fused-ring (bicyclic) bond motifs is 1. The Morgan fingerprint density at radius 3 is 2.83 bits per heavy atom. The summed E-state index contributed by atoms with van der Waals surface area (Å²) in [4.78, 5) is 13.2. The molecule has 0 saturated heterocycles. The average Bonchev–Trinajstić information content (AvgIpc) is 2.34. The van der Waals surface area contributed by atoms with Crippen LogP contribution >= 0.6 is 0 Å². The third-order valence-corrected chi connectivity index (χ3v) is 3.35. The molecule has 1 aromatic rings. The number of likely N-dealkylation sites (N-methyl/N-ethyl adjacent to an activating group) is 1. The van der Waals surface area contributed by atoms with E-state index in [1.165, 1.54) is 5.56 Å². The van der Waals surface area contributed by atoms with Crippen molar-refractivity contribution in [2.45, 2.75) is 20.3 Å². The maximum Gasteiger partial charge on any atom is 0.264 e. The van der Waals surface area contributed by atoms with E-state index in [2.05, 4.69) is 13.8 Å². The minimum absolute atomic E-state index is 0.0160. The third kappa shape index (κ3) is 2.48. The van der Waals surface area contributed by atoms with Crippen molar-refractivity contribution < 1.29 is 9.53 Å². The van der Waals surface area contributed by atoms with E-state index < -0.39 is 0 Å². The molecule has 0 bridgehead atoms. The predicted octanol–water partition coefficient (Wildman–Crippen LogP) is 1.57. The van der Waals surface area contributed by atoms with E-state index in [-0.39, 0.29) is 17.9 Å². The van der Waals surface area contributed by atoms with Crippen LogP contribution in [-0.4, -0.2) is 26.1 Å². The summed E-state index contributed by atoms with van der Waals surface area (Å²) < 4.78 is 5.40. The number of benzene rings is 1. The first-order valence-electron chi connectivity index (χ1n) is 6.15. The zero-order valence-corrected chi connectivity index (χ0v) is 11.2. The fourth-order valence-electron chi connectivity index (χ4n) is 2.05. The van der Waals surface area contributed by atoms with E-state index in [1.807, 2.05) is 18.2 Å². The minimum Gasteiger partial charge on any atom is -0.482 e. The molecule has 0 atom stereocenters. The van der Waals surface area contributed by atoms with Crippen LogP contribution in [0.1, 0.15) is 19.4 Å². The van der Waals surface area contributed by atoms with Gasteiger partial charge in [-0.2, -0.15) is 0 Å². The van der Waals surface area contributed by atoms with E-state index >= 15 is 0 Å². The molecule has 1 aromatic carbocycles. The monoisotopic (exact) mass is 248 g/mol. The summed E-state index contributed by atoms with van der Waals surface area (Å²) in [5.41, 5.74) is 7.83. The van der Waals surface area contributed by atoms with E-state index in [9.17, 15) is 4.79 Å². The lowest BCUT2D eigenvalue weighted by molar-refractivity contribution is -0.120. The summed E-state index contributed by atoms with van der Waals surface area (Å²) in [5, 5.41) is 0. The zero-order chi connectivity index (χ0) is 13.3. The number of carbonyl (C=O) groups excluding carboxylic acids is 1. The molecular weight excluding hydrogens is 228 g/mol. The quantitative estimate of drug-likeness (QED) is 0.883. The Hall–Kier alpha value is -1.55. The van der Waals surface area contributed by atoms with Crippen molar-refractivity contribution >= 4 is 11.6 Å². The van der Waals surface area contributed by atoms with E-state index in [4.69, 9.17) is 10.5 Å². The number of anilines is 1. The normalized spacial score (nSPS) is 15.3. The summed E-state index contributed by atoms with van der Waals surface area (Å²) >= 11 is 0. The molecule has 0 aliphatic carbocycles. The first kappa shape index (κ1) is 12.9. The highest BCUT2D eigenvalue weighted by Crippen LogP contribution is 2.33. The molecule has 4 heteroatoms. The maximum atomic E-state index is 11.6. The highest BCUT2D eigenvalue weighted by molar-refractivity contribution is 5.97. The maximum absolute atomic E-state index is 11.6. The topological polar surface area (TPSA) is 55.6 Å². The summed E-state index contributed by atoms with van der Waals surface area (Å²) in [6.07, 6.45) is 0.888. The van der Waals surface area contributed by atoms with Gasteiger partial charge in [-0.15, -0.1) is 0 Å². The van der Waals surface area contributed by atoms with Gasteiger partial charge in [0, 0.05) is 7.05 Å². The first-order valence-corrected chi connectivity index (χ1v) is 6.15. The molecule has 4 nitrogen and oxygen atoms in total. The van der Waals surface area contributed by atoms with Crippen molar-refractivity contribution in [3.63, 3.8) is 0 Å². The molecule has 0 aromatic heterocycles. The number of hydrogen-bond acceptors (Lipinski definition) is 3. The van der Waals surface area contributed by atoms with E-state index in [1.54, 1.807) is 11.9 Å². The predicted molar refractivity (Wildman–Crippen MR) is 71.9 cm³/mol. The molecule has 0 spiro atoms. The summed E-state index contributed by atoms with van der Waals surface area (Å²) in [6, 6.07) is 5.99. The molecule has 18 heavy (non-hydrogen) atoms. The van der Waals surface area contributed by atoms with Crippen LogP contribution in [0.4, 0.5) is 5.69 Å². The summed E-state index contributed by atoms with van der Waals surface area (Å²) in [7, 11) is 1.78. The number of ether oxygens (including phenoxy) is 1. The lowest BCUT2D eigenvalue weighted by Gasteiger charge is -2.28. The number of rotatable bonds is 3. The third-order valence-electron chi connectivity index (χ3n) is 3.35. The van der Waals surface area contributed by atoms with Gasteiger partial charge >= 0.3 is 0 Å². The van der Waals surface area contributed by atoms with Crippen molar-refractivity contribution in [1.82, 2.24) is 0 Å². The zero-order valence-electron chi connectivity index (χ0n) is 11.2. The Balaban J connectivity index is 2.29. The van der Waals surface area contributed by atoms with Crippen molar-refractivity contribution in [1.29, 1.82) is 0 Å². The van der Waals surface area contributed by atoms with Crippen LogP contribution in [0.5, 0.6) is 5.75 Å². The van der Waals surface area contributed by atoms with Crippen molar-refractivity contribution in [2.24, 2.45) is 11.1 Å². The van der Waals surface area contributed by atoms with Gasteiger partial charge in [0.05, 0.1) is 5.69 Å². The molecule has 98 valence electrons. The lowest BCUT2D eigenvalue weighted by Crippen LogP contribution is -2.35. The molecule has 0 unspecified atom stereocenters. The molecule has 1 aliphatic rings. The van der Waals surface area contributed by atoms with Crippen LogP contribution < -0.4 is 15.4 Å². The molecule has 0 fully saturated rings.